The second kappa shape index (κ2) is 7.76. The lowest BCUT2D eigenvalue weighted by molar-refractivity contribution is 0.201. The molecule has 0 fully saturated rings. The summed E-state index contributed by atoms with van der Waals surface area (Å²) in [6.45, 7) is -0.252. The number of amides is 1. The van der Waals surface area contributed by atoms with E-state index >= 15 is 0 Å². The van der Waals surface area contributed by atoms with Crippen LogP contribution in [0.1, 0.15) is 22.5 Å². The number of carboxylic acid groups (broad SMARTS) is 1. The Morgan fingerprint density at radius 1 is 1.31 bits per heavy atom. The van der Waals surface area contributed by atoms with E-state index in [-0.39, 0.29) is 17.8 Å². The number of nitrogens with one attached hydrogen (secondary N) is 2. The summed E-state index contributed by atoms with van der Waals surface area (Å²) in [7, 11) is -2.91. The molecule has 1 aliphatic heterocycles. The molecular formula is C19H14N6O6S. The van der Waals surface area contributed by atoms with Crippen LogP contribution in [0.5, 0.6) is 0 Å². The molecule has 2 heterocycles. The molecule has 0 unspecified atom stereocenters. The molecule has 3 N–H and O–H groups in total. The highest BCUT2D eigenvalue weighted by Gasteiger charge is 2.30. The number of nitriles is 1. The number of fused-ring (bicyclic) bond motifs is 4. The first kappa shape index (κ1) is 21.0. The fourth-order valence-electron chi connectivity index (χ4n) is 3.35. The van der Waals surface area contributed by atoms with E-state index in [1.165, 1.54) is 22.5 Å². The van der Waals surface area contributed by atoms with E-state index in [2.05, 4.69) is 14.9 Å². The van der Waals surface area contributed by atoms with Gasteiger partial charge in [-0.15, -0.1) is 0 Å². The summed E-state index contributed by atoms with van der Waals surface area (Å²) in [6.07, 6.45) is -1.72. The number of aromatic nitrogens is 2. The van der Waals surface area contributed by atoms with Gasteiger partial charge in [0.05, 0.1) is 28.2 Å². The quantitative estimate of drug-likeness (QED) is 0.367. The smallest absolute Gasteiger partial charge is 0.419 e. The van der Waals surface area contributed by atoms with Crippen molar-refractivity contribution in [2.75, 3.05) is 7.11 Å². The number of hydrogen-bond donors (Lipinski definition) is 3. The lowest BCUT2D eigenvalue weighted by Crippen LogP contribution is -2.39. The minimum Gasteiger partial charge on any atom is -0.464 e. The van der Waals surface area contributed by atoms with Gasteiger partial charge in [-0.25, -0.2) is 14.5 Å². The molecule has 12 nitrogen and oxygen atoms in total. The van der Waals surface area contributed by atoms with Crippen LogP contribution in [0.4, 0.5) is 4.79 Å². The Labute approximate surface area is 180 Å². The van der Waals surface area contributed by atoms with Gasteiger partial charge in [-0.1, -0.05) is 11.2 Å². The predicted octanol–water partition coefficient (Wildman–Crippen LogP) is 0.572. The van der Waals surface area contributed by atoms with Gasteiger partial charge in [-0.2, -0.15) is 18.4 Å². The fourth-order valence-corrected chi connectivity index (χ4v) is 4.01. The second-order valence-electron chi connectivity index (χ2n) is 6.63. The number of nitrogens with zero attached hydrogens (tertiary/aromatic N) is 4. The van der Waals surface area contributed by atoms with Crippen LogP contribution in [0, 0.1) is 11.3 Å². The molecule has 3 aromatic rings. The van der Waals surface area contributed by atoms with E-state index < -0.39 is 21.9 Å². The van der Waals surface area contributed by atoms with Crippen molar-refractivity contribution in [3.63, 3.8) is 0 Å². The molecule has 162 valence electrons. The van der Waals surface area contributed by atoms with Gasteiger partial charge in [-0.05, 0) is 35.9 Å². The molecule has 1 amide bonds. The molecular weight excluding hydrogens is 440 g/mol. The average Bonchev–Trinajstić information content (AvgIpc) is 3.05. The summed E-state index contributed by atoms with van der Waals surface area (Å²) < 4.78 is 28.1. The zero-order valence-corrected chi connectivity index (χ0v) is 17.2. The Bertz CT molecular complexity index is 1520. The van der Waals surface area contributed by atoms with Crippen LogP contribution in [-0.2, 0) is 21.6 Å². The zero-order chi connectivity index (χ0) is 23.0. The van der Waals surface area contributed by atoms with Gasteiger partial charge in [0.25, 0.3) is 5.56 Å². The Hall–Kier alpha value is -4.28. The number of benzene rings is 2. The Kier molecular flexibility index (Phi) is 5.09. The van der Waals surface area contributed by atoms with E-state index in [0.29, 0.717) is 33.6 Å². The molecule has 0 saturated carbocycles. The molecule has 1 aliphatic rings. The number of rotatable bonds is 5. The average molecular weight is 454 g/mol. The summed E-state index contributed by atoms with van der Waals surface area (Å²) in [5.74, 6) is 0.244. The number of hydrogen-bond acceptors (Lipinski definition) is 8. The predicted molar refractivity (Wildman–Crippen MR) is 112 cm³/mol. The molecule has 0 aliphatic carbocycles. The number of oxime groups is 1. The minimum absolute atomic E-state index is 0.214. The summed E-state index contributed by atoms with van der Waals surface area (Å²) in [5.41, 5.74) is 2.00. The third-order valence-corrected chi connectivity index (χ3v) is 5.60. The van der Waals surface area contributed by atoms with Gasteiger partial charge < -0.3 is 9.94 Å². The highest BCUT2D eigenvalue weighted by Crippen LogP contribution is 2.28. The van der Waals surface area contributed by atoms with Crippen molar-refractivity contribution in [2.45, 2.75) is 6.54 Å². The monoisotopic (exact) mass is 454 g/mol. The van der Waals surface area contributed by atoms with Gasteiger partial charge >= 0.3 is 16.3 Å². The standard InChI is InChI=1S/C19H14N6O6S/c1-31-23-16-13-6-10(8-20)3-5-15(13)25-17(16)22-14-4-2-11(7-12(14)18(25)26)9-21-32(29,30)24-19(27)28/h2-7,21,24H,9H2,1H3,(H,27,28). The van der Waals surface area contributed by atoms with Crippen LogP contribution in [-0.4, -0.2) is 42.0 Å². The summed E-state index contributed by atoms with van der Waals surface area (Å²) in [5, 5.41) is 22.0. The van der Waals surface area contributed by atoms with Gasteiger partial charge in [-0.3, -0.25) is 9.36 Å². The van der Waals surface area contributed by atoms with E-state index in [1.54, 1.807) is 30.3 Å². The van der Waals surface area contributed by atoms with Gasteiger partial charge in [0, 0.05) is 12.1 Å². The third kappa shape index (κ3) is 3.64. The summed E-state index contributed by atoms with van der Waals surface area (Å²) >= 11 is 0. The second-order valence-corrected chi connectivity index (χ2v) is 8.13. The van der Waals surface area contributed by atoms with Crippen LogP contribution < -0.4 is 15.0 Å². The van der Waals surface area contributed by atoms with Gasteiger partial charge in [0.2, 0.25) is 0 Å². The van der Waals surface area contributed by atoms with Crippen molar-refractivity contribution in [3.8, 4) is 11.8 Å². The van der Waals surface area contributed by atoms with Crippen molar-refractivity contribution in [1.29, 1.82) is 5.26 Å². The van der Waals surface area contributed by atoms with Crippen LogP contribution >= 0.6 is 0 Å². The van der Waals surface area contributed by atoms with E-state index in [9.17, 15) is 23.3 Å². The largest absolute Gasteiger partial charge is 0.464 e. The highest BCUT2D eigenvalue weighted by molar-refractivity contribution is 7.88. The molecule has 0 atom stereocenters. The lowest BCUT2D eigenvalue weighted by Gasteiger charge is -2.09. The zero-order valence-electron chi connectivity index (χ0n) is 16.4. The normalized spacial score (nSPS) is 13.4. The first-order chi connectivity index (χ1) is 15.2. The Morgan fingerprint density at radius 3 is 2.78 bits per heavy atom. The number of carbonyl (C=O) groups is 1. The topological polar surface area (TPSA) is 176 Å². The highest BCUT2D eigenvalue weighted by atomic mass is 32.2. The van der Waals surface area contributed by atoms with Gasteiger partial charge in [0.1, 0.15) is 7.11 Å². The molecule has 0 saturated heterocycles. The molecule has 13 heteroatoms. The van der Waals surface area contributed by atoms with Crippen molar-refractivity contribution >= 4 is 32.9 Å². The maximum Gasteiger partial charge on any atom is 0.419 e. The maximum absolute atomic E-state index is 13.3. The molecule has 0 bridgehead atoms. The lowest BCUT2D eigenvalue weighted by atomic mass is 10.1. The van der Waals surface area contributed by atoms with Crippen LogP contribution in [0.25, 0.3) is 16.6 Å². The van der Waals surface area contributed by atoms with Crippen LogP contribution in [0.3, 0.4) is 0 Å². The molecule has 2 aromatic carbocycles. The third-order valence-electron chi connectivity index (χ3n) is 4.64. The van der Waals surface area contributed by atoms with Crippen molar-refractivity contribution in [2.24, 2.45) is 5.16 Å². The molecule has 4 rings (SSSR count). The van der Waals surface area contributed by atoms with E-state index in [0.717, 1.165) is 0 Å². The maximum atomic E-state index is 13.3. The van der Waals surface area contributed by atoms with E-state index in [4.69, 9.17) is 9.94 Å². The van der Waals surface area contributed by atoms with Crippen LogP contribution in [0.2, 0.25) is 0 Å². The van der Waals surface area contributed by atoms with Crippen molar-refractivity contribution < 1.29 is 23.2 Å². The molecule has 32 heavy (non-hydrogen) atoms. The summed E-state index contributed by atoms with van der Waals surface area (Å²) in [4.78, 5) is 33.3. The SMILES string of the molecule is CON=C1c2cc(C#N)ccc2-n2c1nc1ccc(CNS(=O)(=O)NC(=O)O)cc1c2=O. The van der Waals surface area contributed by atoms with Crippen LogP contribution in [0.15, 0.2) is 46.3 Å². The Morgan fingerprint density at radius 2 is 2.09 bits per heavy atom. The Balaban J connectivity index is 1.82. The molecule has 0 radical (unpaired) electrons. The molecule has 1 aromatic heterocycles. The first-order valence-corrected chi connectivity index (χ1v) is 10.4. The van der Waals surface area contributed by atoms with E-state index in [1.807, 2.05) is 6.07 Å². The van der Waals surface area contributed by atoms with Crippen molar-refractivity contribution in [1.82, 2.24) is 19.0 Å². The molecule has 0 spiro atoms. The fraction of sp³-hybridized carbons (Fsp3) is 0.105. The first-order valence-electron chi connectivity index (χ1n) is 8.96. The van der Waals surface area contributed by atoms with Gasteiger partial charge in [0.15, 0.2) is 11.5 Å². The minimum atomic E-state index is -4.27. The summed E-state index contributed by atoms with van der Waals surface area (Å²) in [6, 6.07) is 11.4. The van der Waals surface area contributed by atoms with Crippen molar-refractivity contribution in [3.05, 3.63) is 69.3 Å².